The highest BCUT2D eigenvalue weighted by atomic mass is 32.2. The van der Waals surface area contributed by atoms with Gasteiger partial charge < -0.3 is 30.6 Å². The van der Waals surface area contributed by atoms with Crippen LogP contribution < -0.4 is 0 Å². The van der Waals surface area contributed by atoms with Crippen LogP contribution in [-0.2, 0) is 30.1 Å². The molecule has 15 nitrogen and oxygen atoms in total. The Morgan fingerprint density at radius 2 is 0.790 bits per heavy atom. The minimum absolute atomic E-state index is 0. The van der Waals surface area contributed by atoms with Crippen LogP contribution >= 0.6 is 0 Å². The summed E-state index contributed by atoms with van der Waals surface area (Å²) in [4.78, 5) is 0. The van der Waals surface area contributed by atoms with E-state index in [1.807, 2.05) is 48.5 Å². The van der Waals surface area contributed by atoms with Crippen molar-refractivity contribution >= 4 is 30.1 Å². The van der Waals surface area contributed by atoms with Gasteiger partial charge in [0.25, 0.3) is 0 Å². The standard InChI is InChI=1S/C12H23F3O.C12H25NO2S.C11H23NO2S.C11H24O.C10H23NO2S.C10H22O2.C9H20O.C8H18O.CH4/c1-6-9(10(2,3)4)7-8-11(5,16)12(13,14)15;1-6-10(12(2,3)4)9-13(5)16(14,15)11-7-8-11;1-5-10(11(2,3)4)9-12-7-6-8-15(12,13)14;1-7-9(10(2,3)4)8-11(5,6)12;1-7-9(10(2,3)4)8-11(5)14(6,12)13;1-6-8(9(2,3)4)7-10(5,11)12;1-6-8(7(2)10)9(3,4)5;1-5-7(6-9)8(2,3)4;/h9,16H,6-8H2,1-5H3;10-11H,6-9H2,1-5H3;10H,5-9H2,1-4H3;9,12H,7-8H2,1-6H3;9H,7-8H2,1-6H3;8,11-12H,6-7H2,1-5H3;7-8,10H,6H2,1-5H3;7,9H,5-6H2,1-4H3;1H4. The van der Waals surface area contributed by atoms with Crippen molar-refractivity contribution in [1.82, 2.24) is 12.9 Å². The topological polar surface area (TPSA) is 234 Å². The number of nitrogens with zero attached hydrogens (tertiary/aromatic N) is 3. The van der Waals surface area contributed by atoms with Crippen molar-refractivity contribution in [3.05, 3.63) is 0 Å². The molecule has 0 amide bonds. The zero-order valence-electron chi connectivity index (χ0n) is 75.5. The fourth-order valence-electron chi connectivity index (χ4n) is 13.4. The largest absolute Gasteiger partial charge is 0.416 e. The average molecular weight is 1580 g/mol. The summed E-state index contributed by atoms with van der Waals surface area (Å²) in [5.41, 5.74) is -1.61. The fraction of sp³-hybridized carbons (Fsp3) is 1.00. The third kappa shape index (κ3) is 53.8. The molecule has 0 aromatic rings. The van der Waals surface area contributed by atoms with Gasteiger partial charge in [-0.3, -0.25) is 0 Å². The van der Waals surface area contributed by atoms with Gasteiger partial charge in [0.2, 0.25) is 30.1 Å². The molecule has 105 heavy (non-hydrogen) atoms. The molecule has 10 atom stereocenters. The van der Waals surface area contributed by atoms with E-state index in [-0.39, 0.29) is 69.0 Å². The number of aliphatic hydroxyl groups excluding tert-OH is 2. The van der Waals surface area contributed by atoms with Crippen LogP contribution in [0.1, 0.15) is 360 Å². The SMILES string of the molecule is C.CCC(C(C)O)C(C)(C)C.CCC(CC(C)(C)O)C(C)(C)C.CCC(CC(C)(O)O)C(C)(C)C.CCC(CCC(C)(O)C(F)(F)F)C(C)(C)C.CCC(CN(C)S(=O)(=O)C1CC1)C(C)(C)C.CCC(CN(C)S(C)(=O)=O)C(C)(C)C.CCC(CN1CCCS1(=O)=O)C(C)(C)C.CCC(CO)C(C)(C)C. The van der Waals surface area contributed by atoms with E-state index in [2.05, 4.69) is 194 Å². The van der Waals surface area contributed by atoms with E-state index in [4.69, 9.17) is 5.11 Å². The van der Waals surface area contributed by atoms with Gasteiger partial charge in [0, 0.05) is 53.3 Å². The lowest BCUT2D eigenvalue weighted by Crippen LogP contribution is -2.42. The predicted molar refractivity (Wildman–Crippen MR) is 448 cm³/mol. The van der Waals surface area contributed by atoms with Gasteiger partial charge in [-0.2, -0.15) is 13.2 Å². The minimum Gasteiger partial charge on any atom is -0.396 e. The van der Waals surface area contributed by atoms with E-state index < -0.39 is 53.2 Å². The molecular weight excluding hydrogens is 1400 g/mol. The van der Waals surface area contributed by atoms with Crippen LogP contribution in [0.15, 0.2) is 0 Å². The Kier molecular flexibility index (Phi) is 54.3. The molecule has 10 unspecified atom stereocenters. The van der Waals surface area contributed by atoms with Crippen LogP contribution in [0.5, 0.6) is 0 Å². The summed E-state index contributed by atoms with van der Waals surface area (Å²) in [6.07, 6.45) is 8.69. The second kappa shape index (κ2) is 48.5. The zero-order valence-corrected chi connectivity index (χ0v) is 77.9. The van der Waals surface area contributed by atoms with Gasteiger partial charge in [0.15, 0.2) is 11.4 Å². The third-order valence-corrected chi connectivity index (χ3v) is 27.4. The maximum atomic E-state index is 12.4. The van der Waals surface area contributed by atoms with E-state index in [9.17, 15) is 64.0 Å². The van der Waals surface area contributed by atoms with E-state index >= 15 is 0 Å². The van der Waals surface area contributed by atoms with Crippen LogP contribution in [-0.4, -0.2) is 162 Å². The van der Waals surface area contributed by atoms with Crippen LogP contribution in [0.3, 0.4) is 0 Å². The van der Waals surface area contributed by atoms with Crippen LogP contribution in [0.25, 0.3) is 0 Å². The number of halogens is 3. The molecule has 0 aromatic heterocycles. The van der Waals surface area contributed by atoms with E-state index in [0.717, 1.165) is 90.5 Å². The fourth-order valence-corrected chi connectivity index (χ4v) is 17.0. The van der Waals surface area contributed by atoms with Gasteiger partial charge in [0.1, 0.15) is 0 Å². The highest BCUT2D eigenvalue weighted by molar-refractivity contribution is 7.90. The summed E-state index contributed by atoms with van der Waals surface area (Å²) in [5.74, 6) is 2.14. The summed E-state index contributed by atoms with van der Waals surface area (Å²) >= 11 is 0. The maximum Gasteiger partial charge on any atom is 0.416 e. The first-order chi connectivity index (χ1) is 45.7. The van der Waals surface area contributed by atoms with Crippen molar-refractivity contribution in [2.45, 2.75) is 394 Å². The Hall–Kier alpha value is -0.720. The van der Waals surface area contributed by atoms with Crippen LogP contribution in [0.2, 0.25) is 0 Å². The number of aliphatic hydroxyl groups is 6. The quantitative estimate of drug-likeness (QED) is 0.0444. The van der Waals surface area contributed by atoms with Crippen molar-refractivity contribution < 1.29 is 69.1 Å². The van der Waals surface area contributed by atoms with Gasteiger partial charge >= 0.3 is 6.18 Å². The molecule has 1 saturated carbocycles. The van der Waals surface area contributed by atoms with E-state index in [1.165, 1.54) is 17.5 Å². The number of alkyl halides is 3. The van der Waals surface area contributed by atoms with E-state index in [1.54, 1.807) is 22.7 Å². The number of hydrogen-bond acceptors (Lipinski definition) is 12. The molecule has 0 radical (unpaired) electrons. The molecule has 0 spiro atoms. The minimum atomic E-state index is -4.54. The molecule has 1 aliphatic heterocycles. The Morgan fingerprint density at radius 1 is 0.476 bits per heavy atom. The lowest BCUT2D eigenvalue weighted by Gasteiger charge is -2.34. The predicted octanol–water partition coefficient (Wildman–Crippen LogP) is 21.2. The zero-order chi connectivity index (χ0) is 84.9. The Labute approximate surface area is 652 Å². The molecule has 21 heteroatoms. The summed E-state index contributed by atoms with van der Waals surface area (Å²) in [7, 11) is -5.59. The van der Waals surface area contributed by atoms with Gasteiger partial charge in [-0.05, 0) is 164 Å². The highest BCUT2D eigenvalue weighted by Gasteiger charge is 2.50. The molecule has 2 fully saturated rings. The van der Waals surface area contributed by atoms with Crippen LogP contribution in [0.4, 0.5) is 13.2 Å². The Balaban J connectivity index is -0.000000210. The molecule has 644 valence electrons. The molecule has 2 rings (SSSR count). The highest BCUT2D eigenvalue weighted by Crippen LogP contribution is 2.41. The summed E-state index contributed by atoms with van der Waals surface area (Å²) in [6, 6.07) is 0. The molecule has 6 N–H and O–H groups in total. The van der Waals surface area contributed by atoms with Gasteiger partial charge in [-0.25, -0.2) is 38.2 Å². The number of sulfonamides is 3. The molecular formula is C84H182F3N3O12S3. The number of rotatable bonds is 26. The Bertz CT molecular complexity index is 2520. The first-order valence-corrected chi connectivity index (χ1v) is 44.8. The van der Waals surface area contributed by atoms with Crippen molar-refractivity contribution in [2.75, 3.05) is 58.9 Å². The molecule has 0 bridgehead atoms. The third-order valence-electron chi connectivity index (χ3n) is 21.9. The second-order valence-corrected chi connectivity index (χ2v) is 46.9. The molecule has 1 aliphatic carbocycles. The van der Waals surface area contributed by atoms with Crippen molar-refractivity contribution in [1.29, 1.82) is 0 Å². The molecule has 1 heterocycles. The Morgan fingerprint density at radius 3 is 0.962 bits per heavy atom. The lowest BCUT2D eigenvalue weighted by atomic mass is 9.74. The molecule has 2 aliphatic rings. The van der Waals surface area contributed by atoms with Gasteiger partial charge in [-0.1, -0.05) is 280 Å². The normalized spacial score (nSPS) is 18.4. The molecule has 1 saturated heterocycles. The maximum absolute atomic E-state index is 12.4. The first-order valence-electron chi connectivity index (χ1n) is 39.8. The van der Waals surface area contributed by atoms with Crippen molar-refractivity contribution in [2.24, 2.45) is 90.7 Å². The van der Waals surface area contributed by atoms with Gasteiger partial charge in [-0.15, -0.1) is 0 Å². The number of hydrogen-bond donors (Lipinski definition) is 6. The first kappa shape index (κ1) is 118. The average Bonchev–Trinajstić information content (AvgIpc) is 1.71. The van der Waals surface area contributed by atoms with Crippen molar-refractivity contribution in [3.63, 3.8) is 0 Å². The van der Waals surface area contributed by atoms with Gasteiger partial charge in [0.05, 0.1) is 29.0 Å². The molecule has 0 aromatic carbocycles. The van der Waals surface area contributed by atoms with E-state index in [0.29, 0.717) is 91.7 Å². The summed E-state index contributed by atoms with van der Waals surface area (Å²) < 4.78 is 112. The van der Waals surface area contributed by atoms with Crippen molar-refractivity contribution in [3.8, 4) is 0 Å². The smallest absolute Gasteiger partial charge is 0.396 e. The monoisotopic (exact) mass is 1580 g/mol. The summed E-state index contributed by atoms with van der Waals surface area (Å²) in [6.45, 7) is 79.5. The second-order valence-electron chi connectivity index (χ2n) is 40.4. The lowest BCUT2D eigenvalue weighted by molar-refractivity contribution is -0.256. The summed E-state index contributed by atoms with van der Waals surface area (Å²) in [5, 5.41) is 55.6. The van der Waals surface area contributed by atoms with Crippen LogP contribution in [0, 0.1) is 90.7 Å².